The molecule has 0 radical (unpaired) electrons. The Morgan fingerprint density at radius 2 is 2.03 bits per heavy atom. The fraction of sp³-hybridized carbons (Fsp3) is 0.381. The van der Waals surface area contributed by atoms with Gasteiger partial charge in [0.1, 0.15) is 11.6 Å². The van der Waals surface area contributed by atoms with Gasteiger partial charge in [0.15, 0.2) is 0 Å². The van der Waals surface area contributed by atoms with E-state index >= 15 is 0 Å². The molecule has 1 saturated carbocycles. The molecule has 1 aliphatic carbocycles. The van der Waals surface area contributed by atoms with Crippen molar-refractivity contribution >= 4 is 16.8 Å². The van der Waals surface area contributed by atoms with Gasteiger partial charge in [0.2, 0.25) is 0 Å². The molecule has 2 aromatic heterocycles. The van der Waals surface area contributed by atoms with E-state index in [4.69, 9.17) is 0 Å². The van der Waals surface area contributed by atoms with Crippen molar-refractivity contribution in [3.63, 3.8) is 0 Å². The Balaban J connectivity index is 1.60. The molecule has 1 fully saturated rings. The van der Waals surface area contributed by atoms with Crippen LogP contribution < -0.4 is 0 Å². The summed E-state index contributed by atoms with van der Waals surface area (Å²) < 4.78 is 30.0. The van der Waals surface area contributed by atoms with Crippen LogP contribution in [0.5, 0.6) is 0 Å². The Bertz CT molecular complexity index is 1090. The molecule has 150 valence electrons. The highest BCUT2D eigenvalue weighted by Crippen LogP contribution is 2.46. The Morgan fingerprint density at radius 3 is 2.79 bits per heavy atom. The summed E-state index contributed by atoms with van der Waals surface area (Å²) in [5, 5.41) is 11.2. The van der Waals surface area contributed by atoms with Gasteiger partial charge in [-0.2, -0.15) is 8.78 Å². The third-order valence-corrected chi connectivity index (χ3v) is 6.12. The van der Waals surface area contributed by atoms with Crippen LogP contribution in [-0.2, 0) is 11.2 Å². The number of H-pyrrole nitrogens is 1. The lowest BCUT2D eigenvalue weighted by atomic mass is 9.74. The maximum atomic E-state index is 15.0. The largest absolute Gasteiger partial charge is 0.383 e. The van der Waals surface area contributed by atoms with Crippen molar-refractivity contribution in [2.45, 2.75) is 43.2 Å². The first-order valence-electron chi connectivity index (χ1n) is 9.70. The number of hydrogen-bond donors (Lipinski definition) is 2. The van der Waals surface area contributed by atoms with E-state index in [2.05, 4.69) is 15.0 Å². The Morgan fingerprint density at radius 1 is 1.24 bits per heavy atom. The highest BCUT2D eigenvalue weighted by atomic mass is 19.3. The predicted octanol–water partition coefficient (Wildman–Crippen LogP) is 2.98. The van der Waals surface area contributed by atoms with E-state index in [1.54, 1.807) is 6.07 Å². The van der Waals surface area contributed by atoms with Gasteiger partial charge >= 0.3 is 5.92 Å². The van der Waals surface area contributed by atoms with Crippen molar-refractivity contribution in [3.8, 4) is 0 Å². The monoisotopic (exact) mass is 398 g/mol. The Hall–Kier alpha value is -2.87. The molecule has 1 atom stereocenters. The summed E-state index contributed by atoms with van der Waals surface area (Å²) in [5.74, 6) is -5.22. The molecule has 6 nitrogen and oxygen atoms in total. The summed E-state index contributed by atoms with van der Waals surface area (Å²) in [6.07, 6.45) is 2.22. The van der Waals surface area contributed by atoms with Gasteiger partial charge in [0.05, 0.1) is 23.2 Å². The average molecular weight is 398 g/mol. The molecule has 2 aliphatic rings. The lowest BCUT2D eigenvalue weighted by molar-refractivity contribution is -0.224. The van der Waals surface area contributed by atoms with E-state index in [-0.39, 0.29) is 19.4 Å². The van der Waals surface area contributed by atoms with Crippen molar-refractivity contribution in [3.05, 3.63) is 59.8 Å². The standard InChI is InChI=1S/C21H20F2N4O2/c22-21(23,20(29)9-3-10-20)19(28)27-11-8-15-17(25-12-24-15)18(27)16-7-6-13-4-1-2-5-14(13)26-16/h1-2,4-7,12,18,29H,3,8-11H2,(H,24,25)/t18-/m0/s1. The van der Waals surface area contributed by atoms with Crippen LogP contribution in [0.4, 0.5) is 8.78 Å². The number of halogens is 2. The normalized spacial score (nSPS) is 20.9. The second-order valence-corrected chi connectivity index (χ2v) is 7.81. The van der Waals surface area contributed by atoms with Gasteiger partial charge in [0.25, 0.3) is 5.91 Å². The number of fused-ring (bicyclic) bond motifs is 2. The molecule has 0 unspecified atom stereocenters. The lowest BCUT2D eigenvalue weighted by Crippen LogP contribution is -2.62. The topological polar surface area (TPSA) is 82.1 Å². The number of aromatic amines is 1. The van der Waals surface area contributed by atoms with Gasteiger partial charge in [-0.05, 0) is 31.4 Å². The molecule has 0 saturated heterocycles. The number of carbonyl (C=O) groups excluding carboxylic acids is 1. The zero-order chi connectivity index (χ0) is 20.2. The molecule has 1 aromatic carbocycles. The number of amides is 1. The number of carbonyl (C=O) groups is 1. The van der Waals surface area contributed by atoms with E-state index in [0.29, 0.717) is 29.7 Å². The first kappa shape index (κ1) is 18.2. The van der Waals surface area contributed by atoms with Crippen molar-refractivity contribution < 1.29 is 18.7 Å². The van der Waals surface area contributed by atoms with E-state index in [9.17, 15) is 18.7 Å². The molecule has 8 heteroatoms. The van der Waals surface area contributed by atoms with Crippen LogP contribution in [0.25, 0.3) is 10.9 Å². The summed E-state index contributed by atoms with van der Waals surface area (Å²) in [5.41, 5.74) is 0.242. The van der Waals surface area contributed by atoms with E-state index in [1.165, 1.54) is 6.33 Å². The smallest absolute Gasteiger partial charge is 0.352 e. The quantitative estimate of drug-likeness (QED) is 0.711. The Kier molecular flexibility index (Phi) is 3.96. The summed E-state index contributed by atoms with van der Waals surface area (Å²) in [6.45, 7) is 0.0961. The first-order chi connectivity index (χ1) is 13.9. The number of hydrogen-bond acceptors (Lipinski definition) is 4. The van der Waals surface area contributed by atoms with Crippen LogP contribution in [0.15, 0.2) is 42.7 Å². The maximum Gasteiger partial charge on any atom is 0.352 e. The van der Waals surface area contributed by atoms with Gasteiger partial charge in [0, 0.05) is 24.0 Å². The average Bonchev–Trinajstić information content (AvgIpc) is 3.19. The van der Waals surface area contributed by atoms with Crippen LogP contribution in [-0.4, -0.2) is 48.9 Å². The summed E-state index contributed by atoms with van der Waals surface area (Å²) in [6, 6.07) is 10.3. The van der Waals surface area contributed by atoms with Gasteiger partial charge in [-0.3, -0.25) is 9.78 Å². The van der Waals surface area contributed by atoms with E-state index in [1.807, 2.05) is 30.3 Å². The maximum absolute atomic E-state index is 15.0. The van der Waals surface area contributed by atoms with Gasteiger partial charge in [-0.25, -0.2) is 4.98 Å². The molecule has 2 N–H and O–H groups in total. The number of pyridine rings is 1. The minimum Gasteiger partial charge on any atom is -0.383 e. The molecular formula is C21H20F2N4O2. The van der Waals surface area contributed by atoms with Crippen molar-refractivity contribution in [2.24, 2.45) is 0 Å². The fourth-order valence-corrected chi connectivity index (χ4v) is 4.23. The second-order valence-electron chi connectivity index (χ2n) is 7.81. The molecule has 1 amide bonds. The molecule has 0 spiro atoms. The molecule has 3 aromatic rings. The number of rotatable bonds is 3. The van der Waals surface area contributed by atoms with E-state index < -0.39 is 23.5 Å². The fourth-order valence-electron chi connectivity index (χ4n) is 4.23. The molecule has 29 heavy (non-hydrogen) atoms. The SMILES string of the molecule is O=C(N1CCc2[nH]cnc2[C@@H]1c1ccc2ccccc2n1)C(F)(F)C1(O)CCC1. The number of aromatic nitrogens is 3. The van der Waals surface area contributed by atoms with Crippen LogP contribution in [0, 0.1) is 0 Å². The van der Waals surface area contributed by atoms with Crippen LogP contribution >= 0.6 is 0 Å². The van der Waals surface area contributed by atoms with Gasteiger partial charge in [-0.15, -0.1) is 0 Å². The highest BCUT2D eigenvalue weighted by Gasteiger charge is 2.63. The van der Waals surface area contributed by atoms with Crippen molar-refractivity contribution in [1.29, 1.82) is 0 Å². The van der Waals surface area contributed by atoms with Crippen LogP contribution in [0.2, 0.25) is 0 Å². The number of aliphatic hydroxyl groups is 1. The van der Waals surface area contributed by atoms with Crippen LogP contribution in [0.3, 0.4) is 0 Å². The third-order valence-electron chi connectivity index (χ3n) is 6.12. The molecular weight excluding hydrogens is 378 g/mol. The zero-order valence-electron chi connectivity index (χ0n) is 15.6. The number of nitrogens with one attached hydrogen (secondary N) is 1. The summed E-state index contributed by atoms with van der Waals surface area (Å²) in [7, 11) is 0. The van der Waals surface area contributed by atoms with Crippen LogP contribution in [0.1, 0.15) is 42.4 Å². The highest BCUT2D eigenvalue weighted by molar-refractivity contribution is 5.86. The Labute approximate surface area is 165 Å². The van der Waals surface area contributed by atoms with Gasteiger partial charge in [-0.1, -0.05) is 24.3 Å². The minimum atomic E-state index is -3.85. The number of nitrogens with zero attached hydrogens (tertiary/aromatic N) is 3. The second kappa shape index (κ2) is 6.32. The molecule has 3 heterocycles. The third kappa shape index (κ3) is 2.66. The first-order valence-corrected chi connectivity index (χ1v) is 9.70. The van der Waals surface area contributed by atoms with Crippen molar-refractivity contribution in [1.82, 2.24) is 19.9 Å². The van der Waals surface area contributed by atoms with E-state index in [0.717, 1.165) is 16.0 Å². The summed E-state index contributed by atoms with van der Waals surface area (Å²) >= 11 is 0. The molecule has 1 aliphatic heterocycles. The molecule has 5 rings (SSSR count). The summed E-state index contributed by atoms with van der Waals surface area (Å²) in [4.78, 5) is 26.1. The lowest BCUT2D eigenvalue weighted by Gasteiger charge is -2.45. The van der Waals surface area contributed by atoms with Gasteiger partial charge < -0.3 is 15.0 Å². The molecule has 0 bridgehead atoms. The minimum absolute atomic E-state index is 0.0773. The number of alkyl halides is 2. The zero-order valence-corrected chi connectivity index (χ0v) is 15.6. The van der Waals surface area contributed by atoms with Crippen molar-refractivity contribution in [2.75, 3.05) is 6.54 Å². The number of benzene rings is 1. The number of imidazole rings is 1. The number of para-hydroxylation sites is 1. The predicted molar refractivity (Wildman–Crippen MR) is 101 cm³/mol.